The summed E-state index contributed by atoms with van der Waals surface area (Å²) in [6.45, 7) is 9.31. The Morgan fingerprint density at radius 2 is 1.90 bits per heavy atom. The molecule has 7 rings (SSSR count). The lowest BCUT2D eigenvalue weighted by Gasteiger charge is -2.34. The van der Waals surface area contributed by atoms with E-state index in [1.54, 1.807) is 10.8 Å². The molecule has 2 atom stereocenters. The third kappa shape index (κ3) is 4.37. The largest absolute Gasteiger partial charge is 0.443 e. The number of rotatable bonds is 5. The van der Waals surface area contributed by atoms with Gasteiger partial charge in [-0.25, -0.2) is 14.3 Å². The number of benzene rings is 1. The fourth-order valence-corrected chi connectivity index (χ4v) is 6.32. The first kappa shape index (κ1) is 26.3. The van der Waals surface area contributed by atoms with Crippen molar-refractivity contribution < 1.29 is 23.9 Å². The lowest BCUT2D eigenvalue weighted by molar-refractivity contribution is -0.0934. The molecule has 4 aromatic rings. The van der Waals surface area contributed by atoms with E-state index in [0.29, 0.717) is 46.0 Å². The molecular formula is C32H36N4O5. The van der Waals surface area contributed by atoms with Gasteiger partial charge < -0.3 is 19.1 Å². The minimum Gasteiger partial charge on any atom is -0.443 e. The molecule has 9 nitrogen and oxygen atoms in total. The molecule has 3 aliphatic rings. The van der Waals surface area contributed by atoms with Crippen LogP contribution in [0.3, 0.4) is 0 Å². The Morgan fingerprint density at radius 1 is 1.12 bits per heavy atom. The van der Waals surface area contributed by atoms with Gasteiger partial charge in [-0.2, -0.15) is 0 Å². The maximum Gasteiger partial charge on any atom is 0.420 e. The fourth-order valence-electron chi connectivity index (χ4n) is 6.32. The topological polar surface area (TPSA) is 113 Å². The Kier molecular flexibility index (Phi) is 5.76. The van der Waals surface area contributed by atoms with E-state index in [4.69, 9.17) is 19.0 Å². The summed E-state index contributed by atoms with van der Waals surface area (Å²) in [5.41, 5.74) is 1.97. The smallest absolute Gasteiger partial charge is 0.420 e. The van der Waals surface area contributed by atoms with Gasteiger partial charge in [0.15, 0.2) is 5.60 Å². The Balaban J connectivity index is 1.54. The molecule has 9 heteroatoms. The average molecular weight is 557 g/mol. The molecule has 2 aliphatic carbocycles. The molecule has 1 unspecified atom stereocenters. The molecule has 0 radical (unpaired) electrons. The molecule has 3 fully saturated rings. The number of fused-ring (bicyclic) bond motifs is 1. The summed E-state index contributed by atoms with van der Waals surface area (Å²) >= 11 is 0. The predicted molar refractivity (Wildman–Crippen MR) is 152 cm³/mol. The maximum absolute atomic E-state index is 13.8. The molecule has 0 bridgehead atoms. The van der Waals surface area contributed by atoms with Crippen molar-refractivity contribution >= 4 is 17.1 Å². The summed E-state index contributed by atoms with van der Waals surface area (Å²) in [6.07, 6.45) is 6.12. The van der Waals surface area contributed by atoms with Gasteiger partial charge in [0.05, 0.1) is 34.1 Å². The van der Waals surface area contributed by atoms with E-state index in [9.17, 15) is 9.90 Å². The molecule has 4 heterocycles. The summed E-state index contributed by atoms with van der Waals surface area (Å²) in [5.74, 6) is 1.44. The molecule has 41 heavy (non-hydrogen) atoms. The van der Waals surface area contributed by atoms with Gasteiger partial charge in [-0.15, -0.1) is 0 Å². The number of aromatic nitrogens is 4. The Bertz CT molecular complexity index is 1640. The fraction of sp³-hybridized carbons (Fsp3) is 0.500. The highest BCUT2D eigenvalue weighted by Gasteiger charge is 2.57. The van der Waals surface area contributed by atoms with Gasteiger partial charge in [-0.3, -0.25) is 4.98 Å². The first-order valence-corrected chi connectivity index (χ1v) is 14.5. The van der Waals surface area contributed by atoms with Crippen molar-refractivity contribution in [1.82, 2.24) is 19.7 Å². The van der Waals surface area contributed by atoms with Gasteiger partial charge in [-0.1, -0.05) is 11.2 Å². The maximum atomic E-state index is 13.8. The molecule has 1 N–H and O–H groups in total. The van der Waals surface area contributed by atoms with Gasteiger partial charge in [0.1, 0.15) is 17.2 Å². The number of aliphatic hydroxyl groups is 1. The van der Waals surface area contributed by atoms with Crippen LogP contribution in [0.15, 0.2) is 41.1 Å². The van der Waals surface area contributed by atoms with E-state index in [2.05, 4.69) is 10.1 Å². The molecule has 2 saturated carbocycles. The standard InChI is InChI=1S/C32H36N4O5/c1-18-26(19(2)41-35-18)21-16-22(32(38,24-8-6-7-15-33-24)25-11-12-31(39-25)13-14-31)27-23(17-21)36(28(34-27)20-9-10-20)29(37)40-30(3,4)5/h6-8,15-17,20,25,38H,9-14H2,1-5H3/t25?,32-/m0/s1. The highest BCUT2D eigenvalue weighted by Crippen LogP contribution is 2.55. The van der Waals surface area contributed by atoms with Crippen LogP contribution in [-0.4, -0.2) is 48.2 Å². The summed E-state index contributed by atoms with van der Waals surface area (Å²) in [6, 6.07) is 9.43. The zero-order valence-electron chi connectivity index (χ0n) is 24.2. The summed E-state index contributed by atoms with van der Waals surface area (Å²) in [7, 11) is 0. The van der Waals surface area contributed by atoms with Crippen LogP contribution in [0.1, 0.15) is 93.8 Å². The van der Waals surface area contributed by atoms with Crippen molar-refractivity contribution in [2.45, 2.75) is 102 Å². The molecule has 0 amide bonds. The second-order valence-electron chi connectivity index (χ2n) is 13.0. The molecule has 3 aromatic heterocycles. The average Bonchev–Trinajstić information content (AvgIpc) is 3.80. The van der Waals surface area contributed by atoms with Crippen LogP contribution < -0.4 is 0 Å². The zero-order valence-corrected chi connectivity index (χ0v) is 24.2. The van der Waals surface area contributed by atoms with Crippen molar-refractivity contribution in [3.8, 4) is 11.1 Å². The number of hydrogen-bond donors (Lipinski definition) is 1. The van der Waals surface area contributed by atoms with Crippen molar-refractivity contribution in [3.05, 3.63) is 65.1 Å². The van der Waals surface area contributed by atoms with Crippen LogP contribution in [0, 0.1) is 13.8 Å². The van der Waals surface area contributed by atoms with E-state index in [-0.39, 0.29) is 11.5 Å². The highest BCUT2D eigenvalue weighted by atomic mass is 16.6. The monoisotopic (exact) mass is 556 g/mol. The molecule has 1 aromatic carbocycles. The number of nitrogens with zero attached hydrogens (tertiary/aromatic N) is 4. The van der Waals surface area contributed by atoms with Gasteiger partial charge in [0, 0.05) is 23.2 Å². The number of carbonyl (C=O) groups is 1. The third-order valence-electron chi connectivity index (χ3n) is 8.62. The first-order valence-electron chi connectivity index (χ1n) is 14.5. The van der Waals surface area contributed by atoms with Crippen LogP contribution in [0.25, 0.3) is 22.2 Å². The van der Waals surface area contributed by atoms with E-state index in [0.717, 1.165) is 43.2 Å². The minimum absolute atomic E-state index is 0.144. The zero-order chi connectivity index (χ0) is 28.7. The van der Waals surface area contributed by atoms with Crippen LogP contribution in [0.2, 0.25) is 0 Å². The second kappa shape index (κ2) is 8.97. The highest BCUT2D eigenvalue weighted by molar-refractivity contribution is 5.94. The summed E-state index contributed by atoms with van der Waals surface area (Å²) in [5, 5.41) is 17.1. The lowest BCUT2D eigenvalue weighted by atomic mass is 9.81. The Morgan fingerprint density at radius 3 is 2.49 bits per heavy atom. The number of aryl methyl sites for hydroxylation is 2. The van der Waals surface area contributed by atoms with Gasteiger partial charge in [-0.05, 0) is 103 Å². The normalized spacial score (nSPS) is 21.4. The number of hydrogen-bond acceptors (Lipinski definition) is 8. The SMILES string of the molecule is Cc1noc(C)c1-c1cc([C@](O)(c2ccccn2)C2CCC3(CC3)O2)c2nc(C3CC3)n(C(=O)OC(C)(C)C)c2c1. The van der Waals surface area contributed by atoms with E-state index in [1.807, 2.05) is 65.0 Å². The summed E-state index contributed by atoms with van der Waals surface area (Å²) in [4.78, 5) is 23.5. The van der Waals surface area contributed by atoms with Crippen LogP contribution in [-0.2, 0) is 15.1 Å². The van der Waals surface area contributed by atoms with E-state index in [1.165, 1.54) is 0 Å². The van der Waals surface area contributed by atoms with Crippen LogP contribution in [0.4, 0.5) is 4.79 Å². The van der Waals surface area contributed by atoms with Crippen LogP contribution in [0.5, 0.6) is 0 Å². The van der Waals surface area contributed by atoms with E-state index < -0.39 is 23.4 Å². The van der Waals surface area contributed by atoms with Crippen molar-refractivity contribution in [2.75, 3.05) is 0 Å². The molecular weight excluding hydrogens is 520 g/mol. The Hall–Kier alpha value is -3.56. The van der Waals surface area contributed by atoms with Gasteiger partial charge >= 0.3 is 6.09 Å². The second-order valence-corrected chi connectivity index (χ2v) is 13.0. The first-order chi connectivity index (χ1) is 19.5. The lowest BCUT2D eigenvalue weighted by Crippen LogP contribution is -2.42. The quantitative estimate of drug-likeness (QED) is 0.304. The molecule has 1 aliphatic heterocycles. The summed E-state index contributed by atoms with van der Waals surface area (Å²) < 4.78 is 19.6. The number of carbonyl (C=O) groups excluding carboxylic acids is 1. The van der Waals surface area contributed by atoms with E-state index >= 15 is 0 Å². The number of imidazole rings is 1. The van der Waals surface area contributed by atoms with Crippen molar-refractivity contribution in [1.29, 1.82) is 0 Å². The van der Waals surface area contributed by atoms with Gasteiger partial charge in [0.25, 0.3) is 0 Å². The predicted octanol–water partition coefficient (Wildman–Crippen LogP) is 6.31. The third-order valence-corrected chi connectivity index (χ3v) is 8.62. The van der Waals surface area contributed by atoms with Crippen molar-refractivity contribution in [3.63, 3.8) is 0 Å². The minimum atomic E-state index is -1.62. The molecule has 1 saturated heterocycles. The molecule has 1 spiro atoms. The Labute approximate surface area is 238 Å². The number of ether oxygens (including phenoxy) is 2. The molecule has 214 valence electrons. The van der Waals surface area contributed by atoms with Gasteiger partial charge in [0.2, 0.25) is 0 Å². The van der Waals surface area contributed by atoms with Crippen molar-refractivity contribution in [2.24, 2.45) is 0 Å². The number of pyridine rings is 1. The van der Waals surface area contributed by atoms with Crippen LogP contribution >= 0.6 is 0 Å².